The predicted octanol–water partition coefficient (Wildman–Crippen LogP) is -1.05. The number of carbonyl (C=O) groups is 9. The van der Waals surface area contributed by atoms with Crippen molar-refractivity contribution in [3.8, 4) is 5.75 Å². The van der Waals surface area contributed by atoms with Gasteiger partial charge in [-0.1, -0.05) is 83.0 Å². The number of aliphatic hydroxyl groups excluding tert-OH is 1. The van der Waals surface area contributed by atoms with Crippen LogP contribution in [-0.2, 0) is 56.0 Å². The monoisotopic (exact) mass is 1050 g/mol. The van der Waals surface area contributed by atoms with E-state index in [9.17, 15) is 58.5 Å². The molecule has 0 saturated carbocycles. The highest BCUT2D eigenvalue weighted by Gasteiger charge is 2.40. The Kier molecular flexibility index (Phi) is 26.6. The number of hydrogen-bond acceptors (Lipinski definition) is 14. The van der Waals surface area contributed by atoms with E-state index < -0.39 is 126 Å². The van der Waals surface area contributed by atoms with Gasteiger partial charge in [-0.2, -0.15) is 0 Å². The number of aliphatic carboxylic acids is 1. The van der Waals surface area contributed by atoms with Crippen molar-refractivity contribution >= 4 is 53.2 Å². The second-order valence-corrected chi connectivity index (χ2v) is 19.5. The number of nitrogens with one attached hydrogen (secondary N) is 7. The number of benzene rings is 2. The average Bonchev–Trinajstić information content (AvgIpc) is 3.88. The van der Waals surface area contributed by atoms with Crippen LogP contribution in [-0.4, -0.2) is 154 Å². The Bertz CT molecular complexity index is 2200. The molecule has 10 atom stereocenters. The number of hydrogen-bond donors (Lipinski definition) is 13. The standard InChI is InChI=1S/C52H81N11O12/c1-6-31(4)43(50(72)59-38(27-33-15-8-7-9-16-33)47(69)58-39(28-34-20-22-35(65)23-21-34)48(70)61-42(30(2)3)52(74)75)62-46(68)37(18-11-13-25-54)57-49(71)41-19-14-26-63(41)51(73)40(29-64)60-44(66)32(5)56-45(67)36(55)17-10-12-24-53/h7-9,15-16,20-23,30-32,36-43,64-65H,6,10-14,17-19,24-29,53-55H2,1-5H3,(H,56,67)(H,57,71)(H,58,69)(H,59,72)(H,60,66)(H,61,70)(H,62,68)(H,74,75)/t31-,32-,36-,37-,38-,39-,40-,41-,42-,43-/m0/s1. The number of aliphatic hydroxyl groups is 1. The first kappa shape index (κ1) is 62.6. The second kappa shape index (κ2) is 31.9. The zero-order valence-electron chi connectivity index (χ0n) is 43.8. The lowest BCUT2D eigenvalue weighted by atomic mass is 9.96. The number of unbranched alkanes of at least 4 members (excludes halogenated alkanes) is 2. The number of carbonyl (C=O) groups excluding carboxylic acids is 8. The molecule has 0 spiro atoms. The topological polar surface area (TPSA) is 380 Å². The van der Waals surface area contributed by atoms with Gasteiger partial charge in [-0.3, -0.25) is 38.4 Å². The van der Waals surface area contributed by atoms with E-state index in [2.05, 4.69) is 37.2 Å². The van der Waals surface area contributed by atoms with Crippen LogP contribution in [0.2, 0.25) is 0 Å². The van der Waals surface area contributed by atoms with Crippen molar-refractivity contribution in [2.45, 2.75) is 160 Å². The van der Waals surface area contributed by atoms with Gasteiger partial charge in [0.2, 0.25) is 47.3 Å². The quantitative estimate of drug-likeness (QED) is 0.0389. The van der Waals surface area contributed by atoms with Crippen molar-refractivity contribution in [1.29, 1.82) is 0 Å². The van der Waals surface area contributed by atoms with Crippen molar-refractivity contribution in [2.75, 3.05) is 26.2 Å². The van der Waals surface area contributed by atoms with Gasteiger partial charge in [-0.15, -0.1) is 0 Å². The minimum absolute atomic E-state index is 0.0384. The summed E-state index contributed by atoms with van der Waals surface area (Å²) in [6, 6.07) is 3.53. The van der Waals surface area contributed by atoms with E-state index in [1.807, 2.05) is 0 Å². The van der Waals surface area contributed by atoms with E-state index in [-0.39, 0.29) is 44.5 Å². The summed E-state index contributed by atoms with van der Waals surface area (Å²) in [5, 5.41) is 48.5. The summed E-state index contributed by atoms with van der Waals surface area (Å²) < 4.78 is 0. The Morgan fingerprint density at radius 1 is 0.627 bits per heavy atom. The molecule has 75 heavy (non-hydrogen) atoms. The highest BCUT2D eigenvalue weighted by Crippen LogP contribution is 2.20. The zero-order chi connectivity index (χ0) is 55.8. The molecular formula is C52H81N11O12. The summed E-state index contributed by atoms with van der Waals surface area (Å²) in [5.74, 6) is -8.27. The van der Waals surface area contributed by atoms with Gasteiger partial charge < -0.3 is 74.6 Å². The summed E-state index contributed by atoms with van der Waals surface area (Å²) in [6.07, 6.45) is 3.35. The molecule has 8 amide bonds. The highest BCUT2D eigenvalue weighted by molar-refractivity contribution is 5.98. The number of nitrogens with two attached hydrogens (primary N) is 3. The van der Waals surface area contributed by atoms with Crippen LogP contribution in [0.1, 0.15) is 104 Å². The number of carboxylic acid groups (broad SMARTS) is 1. The summed E-state index contributed by atoms with van der Waals surface area (Å²) in [7, 11) is 0. The molecule has 16 N–H and O–H groups in total. The molecule has 416 valence electrons. The fraction of sp³-hybridized carbons (Fsp3) is 0.596. The SMILES string of the molecule is CC[C@H](C)[C@H](NC(=O)[C@H](CCCCN)NC(=O)[C@@H]1CCCN1C(=O)[C@H](CO)NC(=O)[C@H](C)NC(=O)[C@@H](N)CCCCN)C(=O)N[C@@H](Cc1ccccc1)C(=O)N[C@@H](Cc1ccc(O)cc1)C(=O)N[C@H](C(=O)O)C(C)C. The van der Waals surface area contributed by atoms with Gasteiger partial charge in [0.1, 0.15) is 54.1 Å². The lowest BCUT2D eigenvalue weighted by Gasteiger charge is -2.31. The summed E-state index contributed by atoms with van der Waals surface area (Å²) >= 11 is 0. The minimum Gasteiger partial charge on any atom is -0.508 e. The lowest BCUT2D eigenvalue weighted by molar-refractivity contribution is -0.143. The average molecular weight is 1050 g/mol. The predicted molar refractivity (Wildman–Crippen MR) is 279 cm³/mol. The molecule has 2 aromatic rings. The normalized spacial score (nSPS) is 16.9. The minimum atomic E-state index is -1.48. The van der Waals surface area contributed by atoms with Crippen LogP contribution in [0.5, 0.6) is 5.75 Å². The molecule has 1 fully saturated rings. The molecule has 1 heterocycles. The maximum absolute atomic E-state index is 14.5. The van der Waals surface area contributed by atoms with Crippen LogP contribution in [0.3, 0.4) is 0 Å². The van der Waals surface area contributed by atoms with E-state index in [1.165, 1.54) is 24.0 Å². The van der Waals surface area contributed by atoms with Crippen LogP contribution < -0.4 is 54.4 Å². The van der Waals surface area contributed by atoms with Crippen LogP contribution in [0.25, 0.3) is 0 Å². The number of carboxylic acids is 1. The van der Waals surface area contributed by atoms with Gasteiger partial charge in [0.15, 0.2) is 0 Å². The Morgan fingerprint density at radius 2 is 1.16 bits per heavy atom. The Hall–Kier alpha value is -6.69. The summed E-state index contributed by atoms with van der Waals surface area (Å²) in [5.41, 5.74) is 18.4. The number of rotatable bonds is 32. The van der Waals surface area contributed by atoms with E-state index in [1.54, 1.807) is 70.2 Å². The third kappa shape index (κ3) is 20.2. The molecule has 1 aliphatic heterocycles. The molecule has 0 aliphatic carbocycles. The van der Waals surface area contributed by atoms with Crippen LogP contribution >= 0.6 is 0 Å². The molecule has 23 heteroatoms. The van der Waals surface area contributed by atoms with Crippen molar-refractivity contribution in [3.05, 3.63) is 65.7 Å². The van der Waals surface area contributed by atoms with E-state index in [0.717, 1.165) is 0 Å². The number of nitrogens with zero attached hydrogens (tertiary/aromatic N) is 1. The maximum Gasteiger partial charge on any atom is 0.326 e. The largest absolute Gasteiger partial charge is 0.508 e. The van der Waals surface area contributed by atoms with Gasteiger partial charge >= 0.3 is 5.97 Å². The Morgan fingerprint density at radius 3 is 1.72 bits per heavy atom. The molecule has 3 rings (SSSR count). The van der Waals surface area contributed by atoms with Gasteiger partial charge in [-0.25, -0.2) is 4.79 Å². The molecule has 23 nitrogen and oxygen atoms in total. The number of phenolic OH excluding ortho intramolecular Hbond substituents is 1. The third-order valence-corrected chi connectivity index (χ3v) is 13.2. The number of amides is 8. The first-order valence-corrected chi connectivity index (χ1v) is 25.9. The second-order valence-electron chi connectivity index (χ2n) is 19.5. The third-order valence-electron chi connectivity index (χ3n) is 13.2. The van der Waals surface area contributed by atoms with Crippen molar-refractivity contribution in [3.63, 3.8) is 0 Å². The van der Waals surface area contributed by atoms with Crippen molar-refractivity contribution in [2.24, 2.45) is 29.0 Å². The molecule has 0 bridgehead atoms. The van der Waals surface area contributed by atoms with E-state index in [4.69, 9.17) is 17.2 Å². The highest BCUT2D eigenvalue weighted by atomic mass is 16.4. The fourth-order valence-electron chi connectivity index (χ4n) is 8.43. The molecule has 1 aliphatic rings. The fourth-order valence-corrected chi connectivity index (χ4v) is 8.43. The van der Waals surface area contributed by atoms with E-state index >= 15 is 0 Å². The molecule has 2 aromatic carbocycles. The number of phenols is 1. The zero-order valence-corrected chi connectivity index (χ0v) is 43.8. The van der Waals surface area contributed by atoms with Gasteiger partial charge in [0, 0.05) is 19.4 Å². The van der Waals surface area contributed by atoms with Crippen LogP contribution in [0.4, 0.5) is 0 Å². The maximum atomic E-state index is 14.5. The van der Waals surface area contributed by atoms with Gasteiger partial charge in [0.25, 0.3) is 0 Å². The lowest BCUT2D eigenvalue weighted by Crippen LogP contribution is -2.61. The molecule has 0 aromatic heterocycles. The number of likely N-dealkylation sites (tertiary alicyclic amines) is 1. The molecule has 1 saturated heterocycles. The van der Waals surface area contributed by atoms with Gasteiger partial charge in [-0.05, 0) is 100 Å². The molecule has 0 radical (unpaired) electrons. The van der Waals surface area contributed by atoms with Crippen LogP contribution in [0.15, 0.2) is 54.6 Å². The summed E-state index contributed by atoms with van der Waals surface area (Å²) in [6.45, 7) is 8.13. The van der Waals surface area contributed by atoms with E-state index in [0.29, 0.717) is 62.6 Å². The summed E-state index contributed by atoms with van der Waals surface area (Å²) in [4.78, 5) is 124. The molecule has 0 unspecified atom stereocenters. The number of aromatic hydroxyl groups is 1. The Balaban J connectivity index is 1.85. The van der Waals surface area contributed by atoms with Gasteiger partial charge in [0.05, 0.1) is 12.6 Å². The Labute approximate surface area is 439 Å². The first-order chi connectivity index (χ1) is 35.6. The van der Waals surface area contributed by atoms with Crippen molar-refractivity contribution in [1.82, 2.24) is 42.1 Å². The van der Waals surface area contributed by atoms with Crippen LogP contribution in [0, 0.1) is 11.8 Å². The molecular weight excluding hydrogens is 971 g/mol. The van der Waals surface area contributed by atoms with Crippen molar-refractivity contribution < 1.29 is 58.5 Å². The first-order valence-electron chi connectivity index (χ1n) is 25.9. The smallest absolute Gasteiger partial charge is 0.326 e.